The molecule has 1 aliphatic heterocycles. The molecule has 1 N–H and O–H groups in total. The van der Waals surface area contributed by atoms with Crippen LogP contribution < -0.4 is 5.32 Å². The normalized spacial score (nSPS) is 25.2. The van der Waals surface area contributed by atoms with Crippen molar-refractivity contribution in [3.05, 3.63) is 0 Å². The summed E-state index contributed by atoms with van der Waals surface area (Å²) in [6.45, 7) is 5.61. The maximum absolute atomic E-state index is 12.1. The van der Waals surface area contributed by atoms with Crippen LogP contribution in [-0.2, 0) is 0 Å². The number of nitrogens with one attached hydrogen (secondary N) is 1. The van der Waals surface area contributed by atoms with E-state index in [9.17, 15) is 13.2 Å². The fourth-order valence-corrected chi connectivity index (χ4v) is 3.36. The van der Waals surface area contributed by atoms with Crippen molar-refractivity contribution >= 4 is 0 Å². The fourth-order valence-electron chi connectivity index (χ4n) is 3.36. The number of nitrogens with zero attached hydrogens (tertiary/aromatic N) is 2. The van der Waals surface area contributed by atoms with Gasteiger partial charge in [-0.1, -0.05) is 12.8 Å². The van der Waals surface area contributed by atoms with Gasteiger partial charge in [0.05, 0.1) is 6.54 Å². The molecule has 6 heteroatoms. The predicted molar refractivity (Wildman–Crippen MR) is 73.8 cm³/mol. The van der Waals surface area contributed by atoms with Crippen molar-refractivity contribution in [2.45, 2.75) is 50.9 Å². The second kappa shape index (κ2) is 7.09. The van der Waals surface area contributed by atoms with Crippen molar-refractivity contribution in [2.75, 3.05) is 39.3 Å². The average molecular weight is 293 g/mol. The SMILES string of the molecule is CC(CNCC(F)(F)F)N1CCN(C2CCCC2)CC1. The molecule has 0 bridgehead atoms. The first-order chi connectivity index (χ1) is 9.46. The summed E-state index contributed by atoms with van der Waals surface area (Å²) >= 11 is 0. The third kappa shape index (κ3) is 4.90. The van der Waals surface area contributed by atoms with E-state index in [0.29, 0.717) is 6.54 Å². The Morgan fingerprint density at radius 1 is 1.10 bits per heavy atom. The zero-order chi connectivity index (χ0) is 14.6. The van der Waals surface area contributed by atoms with E-state index < -0.39 is 12.7 Å². The number of alkyl halides is 3. The molecule has 1 unspecified atom stereocenters. The van der Waals surface area contributed by atoms with Crippen molar-refractivity contribution in [3.8, 4) is 0 Å². The van der Waals surface area contributed by atoms with Crippen LogP contribution in [0.4, 0.5) is 13.2 Å². The summed E-state index contributed by atoms with van der Waals surface area (Å²) in [6, 6.07) is 0.930. The quantitative estimate of drug-likeness (QED) is 0.837. The van der Waals surface area contributed by atoms with Crippen LogP contribution in [0.3, 0.4) is 0 Å². The zero-order valence-electron chi connectivity index (χ0n) is 12.3. The minimum Gasteiger partial charge on any atom is -0.307 e. The van der Waals surface area contributed by atoms with Gasteiger partial charge in [-0.15, -0.1) is 0 Å². The lowest BCUT2D eigenvalue weighted by Crippen LogP contribution is -2.54. The summed E-state index contributed by atoms with van der Waals surface area (Å²) in [4.78, 5) is 4.87. The Hall–Kier alpha value is -0.330. The van der Waals surface area contributed by atoms with Crippen LogP contribution in [0.5, 0.6) is 0 Å². The maximum Gasteiger partial charge on any atom is 0.401 e. The van der Waals surface area contributed by atoms with Crippen molar-refractivity contribution < 1.29 is 13.2 Å². The number of hydrogen-bond donors (Lipinski definition) is 1. The Bertz CT molecular complexity index is 282. The molecule has 0 aromatic rings. The maximum atomic E-state index is 12.1. The second-order valence-electron chi connectivity index (χ2n) is 6.11. The van der Waals surface area contributed by atoms with E-state index in [1.807, 2.05) is 6.92 Å². The van der Waals surface area contributed by atoms with Crippen LogP contribution in [0.15, 0.2) is 0 Å². The summed E-state index contributed by atoms with van der Waals surface area (Å²) in [5.74, 6) is 0. The third-order valence-electron chi connectivity index (χ3n) is 4.58. The predicted octanol–water partition coefficient (Wildman–Crippen LogP) is 2.09. The summed E-state index contributed by atoms with van der Waals surface area (Å²) in [7, 11) is 0. The minimum absolute atomic E-state index is 0.170. The van der Waals surface area contributed by atoms with Gasteiger partial charge in [-0.25, -0.2) is 0 Å². The molecule has 3 nitrogen and oxygen atoms in total. The van der Waals surface area contributed by atoms with E-state index in [4.69, 9.17) is 0 Å². The van der Waals surface area contributed by atoms with Gasteiger partial charge in [0, 0.05) is 44.8 Å². The standard InChI is InChI=1S/C14H26F3N3/c1-12(10-18-11-14(15,16)17)19-6-8-20(9-7-19)13-4-2-3-5-13/h12-13,18H,2-11H2,1H3. The molecule has 2 fully saturated rings. The van der Waals surface area contributed by atoms with E-state index in [2.05, 4.69) is 15.1 Å². The molecule has 1 atom stereocenters. The zero-order valence-corrected chi connectivity index (χ0v) is 12.3. The highest BCUT2D eigenvalue weighted by Crippen LogP contribution is 2.24. The van der Waals surface area contributed by atoms with Gasteiger partial charge in [0.2, 0.25) is 0 Å². The first kappa shape index (κ1) is 16.0. The topological polar surface area (TPSA) is 18.5 Å². The molecule has 0 spiro atoms. The van der Waals surface area contributed by atoms with Gasteiger partial charge < -0.3 is 5.32 Å². The van der Waals surface area contributed by atoms with Crippen LogP contribution in [-0.4, -0.2) is 67.3 Å². The van der Waals surface area contributed by atoms with Crippen LogP contribution >= 0.6 is 0 Å². The minimum atomic E-state index is -4.11. The van der Waals surface area contributed by atoms with Crippen LogP contribution in [0.2, 0.25) is 0 Å². The van der Waals surface area contributed by atoms with E-state index in [-0.39, 0.29) is 6.04 Å². The Labute approximate surface area is 119 Å². The van der Waals surface area contributed by atoms with Crippen molar-refractivity contribution in [1.29, 1.82) is 0 Å². The highest BCUT2D eigenvalue weighted by atomic mass is 19.4. The average Bonchev–Trinajstić information content (AvgIpc) is 2.91. The van der Waals surface area contributed by atoms with Crippen LogP contribution in [0, 0.1) is 0 Å². The third-order valence-corrected chi connectivity index (χ3v) is 4.58. The van der Waals surface area contributed by atoms with Gasteiger partial charge in [-0.2, -0.15) is 13.2 Å². The van der Waals surface area contributed by atoms with Gasteiger partial charge in [-0.3, -0.25) is 9.80 Å². The molecule has 1 heterocycles. The van der Waals surface area contributed by atoms with Crippen LogP contribution in [0.1, 0.15) is 32.6 Å². The van der Waals surface area contributed by atoms with E-state index in [0.717, 1.165) is 32.2 Å². The fraction of sp³-hybridized carbons (Fsp3) is 1.00. The molecule has 0 aromatic carbocycles. The first-order valence-corrected chi connectivity index (χ1v) is 7.71. The van der Waals surface area contributed by atoms with Gasteiger partial charge in [0.15, 0.2) is 0 Å². The lowest BCUT2D eigenvalue weighted by atomic mass is 10.1. The summed E-state index contributed by atoms with van der Waals surface area (Å²) < 4.78 is 36.3. The lowest BCUT2D eigenvalue weighted by Gasteiger charge is -2.40. The van der Waals surface area contributed by atoms with Gasteiger partial charge >= 0.3 is 6.18 Å². The van der Waals surface area contributed by atoms with E-state index in [1.165, 1.54) is 25.7 Å². The van der Waals surface area contributed by atoms with Crippen molar-refractivity contribution in [1.82, 2.24) is 15.1 Å². The molecule has 0 radical (unpaired) electrons. The second-order valence-corrected chi connectivity index (χ2v) is 6.11. The molecule has 20 heavy (non-hydrogen) atoms. The van der Waals surface area contributed by atoms with Crippen molar-refractivity contribution in [3.63, 3.8) is 0 Å². The van der Waals surface area contributed by atoms with E-state index in [1.54, 1.807) is 0 Å². The molecule has 2 aliphatic rings. The molecular weight excluding hydrogens is 267 g/mol. The molecule has 0 amide bonds. The van der Waals surface area contributed by atoms with Gasteiger partial charge in [0.1, 0.15) is 0 Å². The van der Waals surface area contributed by atoms with E-state index >= 15 is 0 Å². The smallest absolute Gasteiger partial charge is 0.307 e. The molecule has 0 aromatic heterocycles. The highest BCUT2D eigenvalue weighted by Gasteiger charge is 2.29. The summed E-state index contributed by atoms with van der Waals surface area (Å²) in [6.07, 6.45) is 1.23. The lowest BCUT2D eigenvalue weighted by molar-refractivity contribution is -0.125. The number of piperazine rings is 1. The Balaban J connectivity index is 1.65. The summed E-state index contributed by atoms with van der Waals surface area (Å²) in [5.41, 5.74) is 0. The van der Waals surface area contributed by atoms with Crippen LogP contribution in [0.25, 0.3) is 0 Å². The van der Waals surface area contributed by atoms with Crippen molar-refractivity contribution in [2.24, 2.45) is 0 Å². The molecule has 1 aliphatic carbocycles. The number of hydrogen-bond acceptors (Lipinski definition) is 3. The Morgan fingerprint density at radius 2 is 1.70 bits per heavy atom. The molecule has 1 saturated heterocycles. The first-order valence-electron chi connectivity index (χ1n) is 7.71. The van der Waals surface area contributed by atoms with Gasteiger partial charge in [0.25, 0.3) is 0 Å². The monoisotopic (exact) mass is 293 g/mol. The Morgan fingerprint density at radius 3 is 2.25 bits per heavy atom. The largest absolute Gasteiger partial charge is 0.401 e. The highest BCUT2D eigenvalue weighted by molar-refractivity contribution is 4.84. The Kier molecular flexibility index (Phi) is 5.69. The molecule has 1 saturated carbocycles. The molecule has 118 valence electrons. The number of rotatable bonds is 5. The summed E-state index contributed by atoms with van der Waals surface area (Å²) in [5, 5.41) is 2.51. The molecular formula is C14H26F3N3. The molecule has 2 rings (SSSR count). The number of halogens is 3. The van der Waals surface area contributed by atoms with Gasteiger partial charge in [-0.05, 0) is 19.8 Å².